The number of aliphatic hydroxyl groups excluding tert-OH is 1. The summed E-state index contributed by atoms with van der Waals surface area (Å²) < 4.78 is 2.03. The van der Waals surface area contributed by atoms with Crippen molar-refractivity contribution in [3.8, 4) is 0 Å². The largest absolute Gasteiger partial charge is 0.390 e. The fourth-order valence-electron chi connectivity index (χ4n) is 2.31. The van der Waals surface area contributed by atoms with Crippen LogP contribution in [-0.4, -0.2) is 14.5 Å². The van der Waals surface area contributed by atoms with E-state index in [0.29, 0.717) is 0 Å². The predicted octanol–water partition coefficient (Wildman–Crippen LogP) is 3.29. The Labute approximate surface area is 113 Å². The third kappa shape index (κ3) is 2.47. The van der Waals surface area contributed by atoms with Crippen LogP contribution in [0.4, 0.5) is 0 Å². The van der Waals surface area contributed by atoms with E-state index in [1.165, 1.54) is 5.56 Å². The molecule has 2 rings (SSSR count). The molecule has 2 aromatic heterocycles. The smallest absolute Gasteiger partial charge is 0.144 e. The first-order valence-electron chi connectivity index (χ1n) is 6.45. The van der Waals surface area contributed by atoms with E-state index in [4.69, 9.17) is 0 Å². The van der Waals surface area contributed by atoms with Crippen LogP contribution in [0, 0.1) is 6.92 Å². The molecule has 1 N–H and O–H groups in total. The lowest BCUT2D eigenvalue weighted by molar-refractivity contribution is 0.276. The molecule has 2 aromatic rings. The van der Waals surface area contributed by atoms with Crippen molar-refractivity contribution in [1.82, 2.24) is 9.38 Å². The average Bonchev–Trinajstić information content (AvgIpc) is 2.69. The Hall–Kier alpha value is -1.87. The zero-order valence-corrected chi connectivity index (χ0v) is 11.8. The lowest BCUT2D eigenvalue weighted by Gasteiger charge is -2.08. The van der Waals surface area contributed by atoms with Crippen LogP contribution in [0.3, 0.4) is 0 Å². The van der Waals surface area contributed by atoms with Gasteiger partial charge < -0.3 is 9.51 Å². The second-order valence-corrected chi connectivity index (χ2v) is 4.88. The molecule has 0 unspecified atom stereocenters. The van der Waals surface area contributed by atoms with Crippen LogP contribution in [-0.2, 0) is 13.0 Å². The van der Waals surface area contributed by atoms with Crippen LogP contribution in [0.2, 0.25) is 0 Å². The molecule has 2 heterocycles. The van der Waals surface area contributed by atoms with E-state index in [2.05, 4.69) is 23.7 Å². The number of aromatic nitrogens is 2. The highest BCUT2D eigenvalue weighted by atomic mass is 16.3. The summed E-state index contributed by atoms with van der Waals surface area (Å²) >= 11 is 0. The van der Waals surface area contributed by atoms with Crippen LogP contribution in [0.5, 0.6) is 0 Å². The summed E-state index contributed by atoms with van der Waals surface area (Å²) in [7, 11) is 0. The highest BCUT2D eigenvalue weighted by Crippen LogP contribution is 2.22. The summed E-state index contributed by atoms with van der Waals surface area (Å²) in [6.07, 6.45) is 6.94. The van der Waals surface area contributed by atoms with E-state index in [0.717, 1.165) is 34.6 Å². The Bertz CT molecular complexity index is 650. The highest BCUT2D eigenvalue weighted by molar-refractivity contribution is 5.70. The van der Waals surface area contributed by atoms with Gasteiger partial charge in [0.1, 0.15) is 5.65 Å². The summed E-state index contributed by atoms with van der Waals surface area (Å²) in [6.45, 7) is 9.95. The predicted molar refractivity (Wildman–Crippen MR) is 79.1 cm³/mol. The minimum atomic E-state index is -0.0292. The minimum absolute atomic E-state index is 0.0292. The molecule has 0 radical (unpaired) electrons. The Morgan fingerprint density at radius 1 is 1.53 bits per heavy atom. The molecule has 0 amide bonds. The number of aliphatic hydroxyl groups is 1. The molecule has 0 saturated heterocycles. The van der Waals surface area contributed by atoms with Gasteiger partial charge in [-0.3, -0.25) is 0 Å². The first kappa shape index (κ1) is 13.6. The van der Waals surface area contributed by atoms with Gasteiger partial charge in [-0.05, 0) is 38.8 Å². The number of pyridine rings is 1. The van der Waals surface area contributed by atoms with Crippen LogP contribution < -0.4 is 0 Å². The summed E-state index contributed by atoms with van der Waals surface area (Å²) in [6, 6.07) is 2.10. The van der Waals surface area contributed by atoms with E-state index < -0.39 is 0 Å². The van der Waals surface area contributed by atoms with Gasteiger partial charge in [0.2, 0.25) is 0 Å². The summed E-state index contributed by atoms with van der Waals surface area (Å²) in [5.74, 6) is 0. The quantitative estimate of drug-likeness (QED) is 0.852. The van der Waals surface area contributed by atoms with E-state index in [1.54, 1.807) is 0 Å². The maximum Gasteiger partial charge on any atom is 0.144 e. The van der Waals surface area contributed by atoms with E-state index in [-0.39, 0.29) is 6.61 Å². The number of nitrogens with zero attached hydrogens (tertiary/aromatic N) is 2. The maximum atomic E-state index is 9.35. The molecule has 19 heavy (non-hydrogen) atoms. The van der Waals surface area contributed by atoms with E-state index >= 15 is 0 Å². The molecule has 0 fully saturated rings. The van der Waals surface area contributed by atoms with Crippen LogP contribution >= 0.6 is 0 Å². The van der Waals surface area contributed by atoms with Crippen molar-refractivity contribution < 1.29 is 5.11 Å². The summed E-state index contributed by atoms with van der Waals surface area (Å²) in [5, 5.41) is 9.35. The van der Waals surface area contributed by atoms with Gasteiger partial charge in [-0.15, -0.1) is 0 Å². The molecule has 100 valence electrons. The zero-order chi connectivity index (χ0) is 14.0. The molecule has 0 saturated carbocycles. The molecule has 0 aromatic carbocycles. The van der Waals surface area contributed by atoms with Crippen molar-refractivity contribution in [2.45, 2.75) is 33.8 Å². The second kappa shape index (κ2) is 5.41. The first-order chi connectivity index (χ1) is 9.08. The molecule has 0 aliphatic heterocycles. The second-order valence-electron chi connectivity index (χ2n) is 4.88. The molecular formula is C16H20N2O. The van der Waals surface area contributed by atoms with Crippen molar-refractivity contribution in [3.63, 3.8) is 0 Å². The van der Waals surface area contributed by atoms with Crippen molar-refractivity contribution in [2.24, 2.45) is 0 Å². The number of rotatable bonds is 4. The lowest BCUT2D eigenvalue weighted by atomic mass is 10.0. The molecule has 0 spiro atoms. The van der Waals surface area contributed by atoms with Gasteiger partial charge in [-0.1, -0.05) is 24.3 Å². The normalized spacial score (nSPS) is 11.6. The van der Waals surface area contributed by atoms with Gasteiger partial charge in [-0.2, -0.15) is 0 Å². The molecular weight excluding hydrogens is 236 g/mol. The highest BCUT2D eigenvalue weighted by Gasteiger charge is 2.12. The Morgan fingerprint density at radius 3 is 2.84 bits per heavy atom. The van der Waals surface area contributed by atoms with Gasteiger partial charge in [-0.25, -0.2) is 4.98 Å². The van der Waals surface area contributed by atoms with Crippen molar-refractivity contribution in [2.75, 3.05) is 0 Å². The molecule has 0 aliphatic rings. The van der Waals surface area contributed by atoms with Gasteiger partial charge in [0.05, 0.1) is 12.3 Å². The summed E-state index contributed by atoms with van der Waals surface area (Å²) in [4.78, 5) is 4.55. The molecule has 3 heteroatoms. The first-order valence-corrected chi connectivity index (χ1v) is 6.45. The van der Waals surface area contributed by atoms with E-state index in [9.17, 15) is 5.11 Å². The summed E-state index contributed by atoms with van der Waals surface area (Å²) in [5.41, 5.74) is 6.07. The fraction of sp³-hybridized carbons (Fsp3) is 0.312. The van der Waals surface area contributed by atoms with Crippen molar-refractivity contribution in [1.29, 1.82) is 0 Å². The molecule has 0 bridgehead atoms. The Morgan fingerprint density at radius 2 is 2.26 bits per heavy atom. The number of aryl methyl sites for hydroxylation is 1. The number of allylic oxidation sites excluding steroid dienone is 2. The number of imidazole rings is 1. The lowest BCUT2D eigenvalue weighted by Crippen LogP contribution is -1.97. The van der Waals surface area contributed by atoms with Gasteiger partial charge in [0, 0.05) is 17.5 Å². The van der Waals surface area contributed by atoms with Gasteiger partial charge >= 0.3 is 0 Å². The van der Waals surface area contributed by atoms with Crippen molar-refractivity contribution in [3.05, 3.63) is 53.0 Å². The molecule has 0 aliphatic carbocycles. The minimum Gasteiger partial charge on any atom is -0.390 e. The topological polar surface area (TPSA) is 37.5 Å². The third-order valence-corrected chi connectivity index (χ3v) is 3.24. The molecule has 3 nitrogen and oxygen atoms in total. The van der Waals surface area contributed by atoms with Crippen LogP contribution in [0.1, 0.15) is 36.4 Å². The molecule has 0 atom stereocenters. The third-order valence-electron chi connectivity index (χ3n) is 3.24. The van der Waals surface area contributed by atoms with Crippen LogP contribution in [0.25, 0.3) is 11.7 Å². The van der Waals surface area contributed by atoms with E-state index in [1.807, 2.05) is 37.4 Å². The zero-order valence-electron chi connectivity index (χ0n) is 11.8. The van der Waals surface area contributed by atoms with Crippen LogP contribution in [0.15, 0.2) is 30.5 Å². The van der Waals surface area contributed by atoms with Gasteiger partial charge in [0.15, 0.2) is 0 Å². The monoisotopic (exact) mass is 256 g/mol. The average molecular weight is 256 g/mol. The van der Waals surface area contributed by atoms with Gasteiger partial charge in [0.25, 0.3) is 0 Å². The number of hydrogen-bond acceptors (Lipinski definition) is 2. The maximum absolute atomic E-state index is 9.35. The fourth-order valence-corrected chi connectivity index (χ4v) is 2.31. The standard InChI is InChI=1S/C16H20N2O/c1-5-6-14-13(9-11(2)3)7-8-18-12(4)15(10-19)17-16(14)18/h5-8,19H,2,9-10H2,1,3-4H3. The number of fused-ring (bicyclic) bond motifs is 1. The Balaban J connectivity index is 2.72. The Kier molecular flexibility index (Phi) is 3.86. The number of hydrogen-bond donors (Lipinski definition) is 1. The van der Waals surface area contributed by atoms with Crippen molar-refractivity contribution >= 4 is 11.7 Å². The SMILES string of the molecule is C=C(C)Cc1ccn2c(C)c(CO)nc2c1C=CC.